The summed E-state index contributed by atoms with van der Waals surface area (Å²) in [5.41, 5.74) is 0.577. The van der Waals surface area contributed by atoms with Crippen molar-refractivity contribution >= 4 is 17.5 Å². The molecule has 0 aliphatic heterocycles. The zero-order chi connectivity index (χ0) is 12.3. The van der Waals surface area contributed by atoms with Crippen molar-refractivity contribution in [1.82, 2.24) is 4.98 Å². The average Bonchev–Trinajstić information content (AvgIpc) is 2.29. The first-order valence-electron chi connectivity index (χ1n) is 5.05. The summed E-state index contributed by atoms with van der Waals surface area (Å²) in [6.45, 7) is 1.50. The maximum absolute atomic E-state index is 13.0. The van der Waals surface area contributed by atoms with E-state index in [1.165, 1.54) is 37.0 Å². The van der Waals surface area contributed by atoms with Gasteiger partial charge in [0.05, 0.1) is 0 Å². The van der Waals surface area contributed by atoms with Gasteiger partial charge in [-0.15, -0.1) is 0 Å². The molecule has 0 fully saturated rings. The van der Waals surface area contributed by atoms with Crippen LogP contribution in [0.5, 0.6) is 0 Å². The summed E-state index contributed by atoms with van der Waals surface area (Å²) in [6, 6.07) is 9.79. The fraction of sp³-hybridized carbons (Fsp3) is 0.0769. The summed E-state index contributed by atoms with van der Waals surface area (Å²) < 4.78 is 13.0. The smallest absolute Gasteiger partial charge is 0.161 e. The summed E-state index contributed by atoms with van der Waals surface area (Å²) in [7, 11) is 0. The van der Waals surface area contributed by atoms with Crippen LogP contribution in [0, 0.1) is 5.82 Å². The Balaban J connectivity index is 2.16. The average molecular weight is 247 g/mol. The van der Waals surface area contributed by atoms with Gasteiger partial charge < -0.3 is 0 Å². The SMILES string of the molecule is CC(=O)c1ccc(Sc2cccc(F)c2)nc1. The van der Waals surface area contributed by atoms with Crippen LogP contribution in [0.4, 0.5) is 4.39 Å². The number of Topliss-reactive ketones (excluding diaryl/α,β-unsaturated/α-hetero) is 1. The quantitative estimate of drug-likeness (QED) is 0.776. The van der Waals surface area contributed by atoms with Gasteiger partial charge in [0, 0.05) is 16.7 Å². The van der Waals surface area contributed by atoms with Crippen LogP contribution in [0.15, 0.2) is 52.5 Å². The largest absolute Gasteiger partial charge is 0.294 e. The van der Waals surface area contributed by atoms with Crippen LogP contribution >= 0.6 is 11.8 Å². The first-order valence-corrected chi connectivity index (χ1v) is 5.87. The molecule has 0 amide bonds. The molecule has 0 N–H and O–H groups in total. The van der Waals surface area contributed by atoms with Gasteiger partial charge in [0.15, 0.2) is 5.78 Å². The highest BCUT2D eigenvalue weighted by Crippen LogP contribution is 2.26. The topological polar surface area (TPSA) is 30.0 Å². The van der Waals surface area contributed by atoms with Gasteiger partial charge in [-0.05, 0) is 37.3 Å². The van der Waals surface area contributed by atoms with Crippen molar-refractivity contribution in [3.63, 3.8) is 0 Å². The molecule has 0 unspecified atom stereocenters. The molecule has 0 bridgehead atoms. The maximum Gasteiger partial charge on any atom is 0.161 e. The van der Waals surface area contributed by atoms with Crippen molar-refractivity contribution in [1.29, 1.82) is 0 Å². The van der Waals surface area contributed by atoms with Crippen LogP contribution in [-0.2, 0) is 0 Å². The van der Waals surface area contributed by atoms with E-state index in [1.54, 1.807) is 18.2 Å². The molecule has 0 atom stereocenters. The van der Waals surface area contributed by atoms with E-state index < -0.39 is 0 Å². The number of ketones is 1. The lowest BCUT2D eigenvalue weighted by atomic mass is 10.2. The van der Waals surface area contributed by atoms with Crippen molar-refractivity contribution in [3.05, 3.63) is 54.0 Å². The number of rotatable bonds is 3. The van der Waals surface area contributed by atoms with Gasteiger partial charge >= 0.3 is 0 Å². The van der Waals surface area contributed by atoms with Gasteiger partial charge in [-0.2, -0.15) is 0 Å². The highest BCUT2D eigenvalue weighted by atomic mass is 32.2. The lowest BCUT2D eigenvalue weighted by Crippen LogP contribution is -1.92. The second-order valence-electron chi connectivity index (χ2n) is 3.50. The monoisotopic (exact) mass is 247 g/mol. The van der Waals surface area contributed by atoms with Crippen molar-refractivity contribution < 1.29 is 9.18 Å². The predicted molar refractivity (Wildman–Crippen MR) is 64.8 cm³/mol. The Hall–Kier alpha value is -1.68. The summed E-state index contributed by atoms with van der Waals surface area (Å²) >= 11 is 1.36. The second kappa shape index (κ2) is 5.10. The van der Waals surface area contributed by atoms with Crippen molar-refractivity contribution in [3.8, 4) is 0 Å². The third kappa shape index (κ3) is 3.14. The Labute approximate surface area is 103 Å². The fourth-order valence-electron chi connectivity index (χ4n) is 1.30. The maximum atomic E-state index is 13.0. The number of nitrogens with zero attached hydrogens (tertiary/aromatic N) is 1. The predicted octanol–water partition coefficient (Wildman–Crippen LogP) is 3.57. The molecule has 0 aliphatic rings. The normalized spacial score (nSPS) is 10.2. The molecule has 0 spiro atoms. The van der Waals surface area contributed by atoms with Crippen LogP contribution in [0.1, 0.15) is 17.3 Å². The number of hydrogen-bond donors (Lipinski definition) is 0. The minimum absolute atomic E-state index is 0.0141. The van der Waals surface area contributed by atoms with Gasteiger partial charge in [-0.1, -0.05) is 17.8 Å². The highest BCUT2D eigenvalue weighted by Gasteiger charge is 2.02. The lowest BCUT2D eigenvalue weighted by molar-refractivity contribution is 0.101. The van der Waals surface area contributed by atoms with Gasteiger partial charge in [0.25, 0.3) is 0 Å². The molecule has 2 rings (SSSR count). The zero-order valence-electron chi connectivity index (χ0n) is 9.18. The minimum Gasteiger partial charge on any atom is -0.294 e. The third-order valence-electron chi connectivity index (χ3n) is 2.16. The number of halogens is 1. The summed E-state index contributed by atoms with van der Waals surface area (Å²) in [6.07, 6.45) is 1.53. The first kappa shape index (κ1) is 11.8. The Morgan fingerprint density at radius 3 is 2.71 bits per heavy atom. The summed E-state index contributed by atoms with van der Waals surface area (Å²) in [4.78, 5) is 16.0. The molecule has 1 aromatic carbocycles. The van der Waals surface area contributed by atoms with E-state index in [9.17, 15) is 9.18 Å². The first-order chi connectivity index (χ1) is 8.15. The zero-order valence-corrected chi connectivity index (χ0v) is 10.00. The molecule has 2 aromatic rings. The number of carbonyl (C=O) groups excluding carboxylic acids is 1. The van der Waals surface area contributed by atoms with Crippen LogP contribution in [-0.4, -0.2) is 10.8 Å². The molecular formula is C13H10FNOS. The highest BCUT2D eigenvalue weighted by molar-refractivity contribution is 7.99. The Bertz CT molecular complexity index is 539. The van der Waals surface area contributed by atoms with E-state index in [0.29, 0.717) is 5.56 Å². The van der Waals surface area contributed by atoms with E-state index in [2.05, 4.69) is 4.98 Å². The minimum atomic E-state index is -0.268. The van der Waals surface area contributed by atoms with E-state index in [4.69, 9.17) is 0 Å². The summed E-state index contributed by atoms with van der Waals surface area (Å²) in [5.74, 6) is -0.282. The van der Waals surface area contributed by atoms with Crippen LogP contribution in [0.3, 0.4) is 0 Å². The second-order valence-corrected chi connectivity index (χ2v) is 4.59. The van der Waals surface area contributed by atoms with E-state index in [1.807, 2.05) is 6.07 Å². The number of hydrogen-bond acceptors (Lipinski definition) is 3. The van der Waals surface area contributed by atoms with Gasteiger partial charge in [0.1, 0.15) is 10.8 Å². The molecule has 17 heavy (non-hydrogen) atoms. The third-order valence-corrected chi connectivity index (χ3v) is 3.10. The molecular weight excluding hydrogens is 237 g/mol. The van der Waals surface area contributed by atoms with Crippen LogP contribution in [0.25, 0.3) is 0 Å². The van der Waals surface area contributed by atoms with E-state index in [0.717, 1.165) is 9.92 Å². The molecule has 86 valence electrons. The lowest BCUT2D eigenvalue weighted by Gasteiger charge is -2.01. The van der Waals surface area contributed by atoms with Crippen molar-refractivity contribution in [2.75, 3.05) is 0 Å². The molecule has 0 saturated heterocycles. The standard InChI is InChI=1S/C13H10FNOS/c1-9(16)10-5-6-13(15-8-10)17-12-4-2-3-11(14)7-12/h2-8H,1H3. The van der Waals surface area contributed by atoms with Crippen molar-refractivity contribution in [2.45, 2.75) is 16.8 Å². The van der Waals surface area contributed by atoms with E-state index in [-0.39, 0.29) is 11.6 Å². The molecule has 0 aliphatic carbocycles. The molecule has 0 radical (unpaired) electrons. The van der Waals surface area contributed by atoms with Crippen LogP contribution < -0.4 is 0 Å². The Morgan fingerprint density at radius 2 is 2.12 bits per heavy atom. The molecule has 4 heteroatoms. The van der Waals surface area contributed by atoms with Gasteiger partial charge in [-0.25, -0.2) is 9.37 Å². The molecule has 1 heterocycles. The summed E-state index contributed by atoms with van der Waals surface area (Å²) in [5, 5.41) is 0.737. The molecule has 2 nitrogen and oxygen atoms in total. The van der Waals surface area contributed by atoms with E-state index >= 15 is 0 Å². The number of benzene rings is 1. The van der Waals surface area contributed by atoms with Crippen molar-refractivity contribution in [2.24, 2.45) is 0 Å². The molecule has 0 saturated carbocycles. The number of carbonyl (C=O) groups is 1. The van der Waals surface area contributed by atoms with Gasteiger partial charge in [0.2, 0.25) is 0 Å². The Morgan fingerprint density at radius 1 is 1.29 bits per heavy atom. The van der Waals surface area contributed by atoms with Gasteiger partial charge in [-0.3, -0.25) is 4.79 Å². The number of aromatic nitrogens is 1. The Kier molecular flexibility index (Phi) is 3.54. The molecule has 1 aromatic heterocycles. The number of pyridine rings is 1. The fourth-order valence-corrected chi connectivity index (χ4v) is 2.10. The van der Waals surface area contributed by atoms with Crippen LogP contribution in [0.2, 0.25) is 0 Å².